The number of halogens is 1. The highest BCUT2D eigenvalue weighted by Gasteiger charge is 2.12. The molecular formula is C16H20ClN5OS. The van der Waals surface area contributed by atoms with Crippen molar-refractivity contribution in [3.63, 3.8) is 0 Å². The van der Waals surface area contributed by atoms with Gasteiger partial charge in [0.1, 0.15) is 5.52 Å². The van der Waals surface area contributed by atoms with Crippen LogP contribution in [-0.2, 0) is 4.74 Å². The third-order valence-corrected chi connectivity index (χ3v) is 4.91. The van der Waals surface area contributed by atoms with Crippen LogP contribution in [0.25, 0.3) is 22.1 Å². The first-order chi connectivity index (χ1) is 11.3. The molecule has 0 radical (unpaired) electrons. The number of benzene rings is 1. The SMILES string of the molecule is Cc1ccc2[nH]c3nc(SCCN4CCOCC4)nnc3c2c1.Cl. The second kappa shape index (κ2) is 7.65. The Kier molecular flexibility index (Phi) is 5.55. The lowest BCUT2D eigenvalue weighted by molar-refractivity contribution is 0.0410. The number of ether oxygens (including phenoxy) is 1. The Hall–Kier alpha value is -1.41. The standard InChI is InChI=1S/C16H19N5OS.ClH/c1-11-2-3-13-12(10-11)14-15(17-13)18-16(20-19-14)23-9-6-21-4-7-22-8-5-21;/h2-3,10H,4-9H2,1H3,(H,17,18,20);1H. The average molecular weight is 366 g/mol. The Balaban J connectivity index is 0.00000169. The minimum absolute atomic E-state index is 0. The zero-order valence-corrected chi connectivity index (χ0v) is 15.1. The van der Waals surface area contributed by atoms with Crippen LogP contribution in [0, 0.1) is 6.92 Å². The summed E-state index contributed by atoms with van der Waals surface area (Å²) in [5.74, 6) is 0.965. The van der Waals surface area contributed by atoms with Crippen molar-refractivity contribution in [1.82, 2.24) is 25.1 Å². The van der Waals surface area contributed by atoms with Gasteiger partial charge in [-0.05, 0) is 19.1 Å². The highest BCUT2D eigenvalue weighted by atomic mass is 35.5. The van der Waals surface area contributed by atoms with E-state index in [9.17, 15) is 0 Å². The minimum Gasteiger partial charge on any atom is -0.379 e. The molecule has 1 N–H and O–H groups in total. The number of rotatable bonds is 4. The molecule has 6 nitrogen and oxygen atoms in total. The van der Waals surface area contributed by atoms with Gasteiger partial charge in [0.15, 0.2) is 5.65 Å². The molecule has 3 aromatic rings. The van der Waals surface area contributed by atoms with Crippen LogP contribution in [0.15, 0.2) is 23.4 Å². The van der Waals surface area contributed by atoms with Crippen molar-refractivity contribution in [2.24, 2.45) is 0 Å². The Bertz CT molecular complexity index is 834. The molecular weight excluding hydrogens is 346 g/mol. The number of hydrogen-bond donors (Lipinski definition) is 1. The predicted octanol–water partition coefficient (Wildman–Crippen LogP) is 2.66. The molecule has 1 aliphatic heterocycles. The van der Waals surface area contributed by atoms with Gasteiger partial charge in [0.2, 0.25) is 5.16 Å². The molecule has 3 heterocycles. The van der Waals surface area contributed by atoms with Crippen molar-refractivity contribution in [3.05, 3.63) is 23.8 Å². The van der Waals surface area contributed by atoms with Crippen molar-refractivity contribution in [3.8, 4) is 0 Å². The zero-order chi connectivity index (χ0) is 15.6. The van der Waals surface area contributed by atoms with E-state index in [2.05, 4.69) is 50.2 Å². The second-order valence-corrected chi connectivity index (χ2v) is 6.83. The monoisotopic (exact) mass is 365 g/mol. The highest BCUT2D eigenvalue weighted by Crippen LogP contribution is 2.24. The van der Waals surface area contributed by atoms with Gasteiger partial charge in [-0.1, -0.05) is 23.4 Å². The molecule has 8 heteroatoms. The second-order valence-electron chi connectivity index (χ2n) is 5.77. The fourth-order valence-corrected chi connectivity index (χ4v) is 3.61. The summed E-state index contributed by atoms with van der Waals surface area (Å²) < 4.78 is 5.36. The number of morpholine rings is 1. The van der Waals surface area contributed by atoms with Crippen molar-refractivity contribution >= 4 is 46.2 Å². The number of thioether (sulfide) groups is 1. The molecule has 0 atom stereocenters. The van der Waals surface area contributed by atoms with Gasteiger partial charge in [-0.3, -0.25) is 4.90 Å². The Labute approximate surface area is 150 Å². The number of nitrogens with zero attached hydrogens (tertiary/aromatic N) is 4. The number of hydrogen-bond acceptors (Lipinski definition) is 6. The Morgan fingerprint density at radius 3 is 2.92 bits per heavy atom. The molecule has 1 aromatic carbocycles. The Morgan fingerprint density at radius 1 is 1.25 bits per heavy atom. The first-order valence-corrected chi connectivity index (χ1v) is 8.84. The van der Waals surface area contributed by atoms with Crippen LogP contribution in [0.4, 0.5) is 0 Å². The van der Waals surface area contributed by atoms with Gasteiger partial charge in [-0.2, -0.15) is 0 Å². The molecule has 128 valence electrons. The number of nitrogens with one attached hydrogen (secondary N) is 1. The topological polar surface area (TPSA) is 66.9 Å². The van der Waals surface area contributed by atoms with Crippen LogP contribution >= 0.6 is 24.2 Å². The first kappa shape index (κ1) is 17.4. The van der Waals surface area contributed by atoms with Crippen molar-refractivity contribution in [2.75, 3.05) is 38.6 Å². The maximum atomic E-state index is 5.36. The van der Waals surface area contributed by atoms with E-state index >= 15 is 0 Å². The van der Waals surface area contributed by atoms with E-state index in [0.29, 0.717) is 0 Å². The average Bonchev–Trinajstić information content (AvgIpc) is 2.93. The highest BCUT2D eigenvalue weighted by molar-refractivity contribution is 7.99. The molecule has 1 aliphatic rings. The smallest absolute Gasteiger partial charge is 0.211 e. The lowest BCUT2D eigenvalue weighted by Gasteiger charge is -2.26. The van der Waals surface area contributed by atoms with E-state index < -0.39 is 0 Å². The van der Waals surface area contributed by atoms with Crippen molar-refractivity contribution < 1.29 is 4.74 Å². The summed E-state index contributed by atoms with van der Waals surface area (Å²) in [6, 6.07) is 6.28. The molecule has 4 rings (SSSR count). The van der Waals surface area contributed by atoms with E-state index in [0.717, 1.165) is 65.8 Å². The molecule has 0 spiro atoms. The summed E-state index contributed by atoms with van der Waals surface area (Å²) in [4.78, 5) is 10.4. The fourth-order valence-electron chi connectivity index (χ4n) is 2.82. The first-order valence-electron chi connectivity index (χ1n) is 7.85. The van der Waals surface area contributed by atoms with E-state index in [1.165, 1.54) is 5.56 Å². The molecule has 1 saturated heterocycles. The third-order valence-electron chi connectivity index (χ3n) is 4.09. The lowest BCUT2D eigenvalue weighted by Crippen LogP contribution is -2.37. The van der Waals surface area contributed by atoms with Gasteiger partial charge in [0.05, 0.1) is 13.2 Å². The molecule has 2 aromatic heterocycles. The molecule has 0 saturated carbocycles. The van der Waals surface area contributed by atoms with E-state index in [4.69, 9.17) is 4.74 Å². The number of aromatic nitrogens is 4. The summed E-state index contributed by atoms with van der Waals surface area (Å²) in [7, 11) is 0. The minimum atomic E-state index is 0. The molecule has 0 bridgehead atoms. The zero-order valence-electron chi connectivity index (χ0n) is 13.5. The maximum absolute atomic E-state index is 5.36. The quantitative estimate of drug-likeness (QED) is 0.717. The normalized spacial score (nSPS) is 15.7. The van der Waals surface area contributed by atoms with Gasteiger partial charge >= 0.3 is 0 Å². The van der Waals surface area contributed by atoms with Crippen LogP contribution in [-0.4, -0.2) is 63.7 Å². The van der Waals surface area contributed by atoms with E-state index in [1.54, 1.807) is 11.8 Å². The van der Waals surface area contributed by atoms with Gasteiger partial charge in [-0.15, -0.1) is 22.6 Å². The van der Waals surface area contributed by atoms with Gasteiger partial charge in [-0.25, -0.2) is 4.98 Å². The van der Waals surface area contributed by atoms with Crippen LogP contribution in [0.1, 0.15) is 5.56 Å². The molecule has 0 aliphatic carbocycles. The Morgan fingerprint density at radius 2 is 2.08 bits per heavy atom. The number of aromatic amines is 1. The summed E-state index contributed by atoms with van der Waals surface area (Å²) in [5.41, 5.74) is 3.93. The number of aryl methyl sites for hydroxylation is 1. The number of fused-ring (bicyclic) bond motifs is 3. The van der Waals surface area contributed by atoms with Gasteiger partial charge in [0.25, 0.3) is 0 Å². The van der Waals surface area contributed by atoms with Crippen molar-refractivity contribution in [2.45, 2.75) is 12.1 Å². The summed E-state index contributed by atoms with van der Waals surface area (Å²) in [6.07, 6.45) is 0. The molecule has 24 heavy (non-hydrogen) atoms. The van der Waals surface area contributed by atoms with Crippen LogP contribution < -0.4 is 0 Å². The largest absolute Gasteiger partial charge is 0.379 e. The van der Waals surface area contributed by atoms with Gasteiger partial charge < -0.3 is 9.72 Å². The van der Waals surface area contributed by atoms with Crippen LogP contribution in [0.2, 0.25) is 0 Å². The maximum Gasteiger partial charge on any atom is 0.211 e. The molecule has 1 fully saturated rings. The fraction of sp³-hybridized carbons (Fsp3) is 0.438. The van der Waals surface area contributed by atoms with E-state index in [1.807, 2.05) is 0 Å². The van der Waals surface area contributed by atoms with E-state index in [-0.39, 0.29) is 12.4 Å². The van der Waals surface area contributed by atoms with Crippen LogP contribution in [0.5, 0.6) is 0 Å². The van der Waals surface area contributed by atoms with Crippen molar-refractivity contribution in [1.29, 1.82) is 0 Å². The predicted molar refractivity (Wildman–Crippen MR) is 99.2 cm³/mol. The summed E-state index contributed by atoms with van der Waals surface area (Å²) in [5, 5.41) is 10.5. The lowest BCUT2D eigenvalue weighted by atomic mass is 10.2. The summed E-state index contributed by atoms with van der Waals surface area (Å²) >= 11 is 1.65. The number of H-pyrrole nitrogens is 1. The molecule has 0 unspecified atom stereocenters. The third kappa shape index (κ3) is 3.64. The van der Waals surface area contributed by atoms with Crippen LogP contribution in [0.3, 0.4) is 0 Å². The molecule has 0 amide bonds. The van der Waals surface area contributed by atoms with Gasteiger partial charge in [0, 0.05) is 36.3 Å². The summed E-state index contributed by atoms with van der Waals surface area (Å²) in [6.45, 7) is 6.81.